The minimum Gasteiger partial charge on any atom is -0.478 e. The molecule has 3 aromatic carbocycles. The lowest BCUT2D eigenvalue weighted by Gasteiger charge is -2.39. The number of rotatable bonds is 11. The molecule has 0 aliphatic heterocycles. The van der Waals surface area contributed by atoms with Crippen molar-refractivity contribution in [2.75, 3.05) is 6.61 Å². The molecule has 0 saturated heterocycles. The Morgan fingerprint density at radius 1 is 0.833 bits per heavy atom. The van der Waals surface area contributed by atoms with Gasteiger partial charge in [-0.05, 0) is 49.4 Å². The lowest BCUT2D eigenvalue weighted by atomic mass is 9.81. The fraction of sp³-hybridized carbons (Fsp3) is 0.233. The summed E-state index contributed by atoms with van der Waals surface area (Å²) in [4.78, 5) is 21.5. The lowest BCUT2D eigenvalue weighted by molar-refractivity contribution is -0.164. The third kappa shape index (κ3) is 5.78. The van der Waals surface area contributed by atoms with Gasteiger partial charge in [0.1, 0.15) is 0 Å². The second-order valence-electron chi connectivity index (χ2n) is 8.67. The van der Waals surface area contributed by atoms with Gasteiger partial charge in [-0.15, -0.1) is 0 Å². The summed E-state index contributed by atoms with van der Waals surface area (Å²) >= 11 is 0. The summed E-state index contributed by atoms with van der Waals surface area (Å²) in [5, 5.41) is 10.5. The number of ether oxygens (including phenoxy) is 2. The summed E-state index contributed by atoms with van der Waals surface area (Å²) in [7, 11) is 0. The van der Waals surface area contributed by atoms with E-state index in [0.29, 0.717) is 35.5 Å². The van der Waals surface area contributed by atoms with Crippen LogP contribution in [0.2, 0.25) is 0 Å². The molecule has 4 rings (SSSR count). The molecule has 1 aromatic heterocycles. The Bertz CT molecular complexity index is 1200. The van der Waals surface area contributed by atoms with Crippen molar-refractivity contribution in [3.63, 3.8) is 0 Å². The van der Waals surface area contributed by atoms with Crippen LogP contribution in [0.1, 0.15) is 34.5 Å². The monoisotopic (exact) mass is 482 g/mol. The second kappa shape index (κ2) is 11.6. The Labute approximate surface area is 211 Å². The SMILES string of the molecule is Cc1cc(C)nc(OC(C(=O)O)C(OCCCc2ccccc2)(c2ccccc2)c2ccccc2)n1. The van der Waals surface area contributed by atoms with E-state index in [-0.39, 0.29) is 6.01 Å². The maximum absolute atomic E-state index is 12.9. The van der Waals surface area contributed by atoms with Gasteiger partial charge in [0, 0.05) is 18.0 Å². The normalized spacial score (nSPS) is 12.2. The predicted octanol–water partition coefficient (Wildman–Crippen LogP) is 5.52. The molecule has 6 nitrogen and oxygen atoms in total. The van der Waals surface area contributed by atoms with Crippen molar-refractivity contribution in [1.82, 2.24) is 9.97 Å². The zero-order valence-corrected chi connectivity index (χ0v) is 20.5. The van der Waals surface area contributed by atoms with Gasteiger partial charge in [-0.25, -0.2) is 14.8 Å². The van der Waals surface area contributed by atoms with Gasteiger partial charge in [-0.3, -0.25) is 0 Å². The number of aromatic nitrogens is 2. The van der Waals surface area contributed by atoms with Crippen LogP contribution < -0.4 is 4.74 Å². The van der Waals surface area contributed by atoms with Gasteiger partial charge >= 0.3 is 12.0 Å². The number of aryl methyl sites for hydroxylation is 3. The van der Waals surface area contributed by atoms with E-state index < -0.39 is 17.7 Å². The number of carboxylic acids is 1. The molecule has 1 atom stereocenters. The first-order valence-corrected chi connectivity index (χ1v) is 12.0. The zero-order valence-electron chi connectivity index (χ0n) is 20.5. The molecule has 0 aliphatic carbocycles. The summed E-state index contributed by atoms with van der Waals surface area (Å²) in [5.74, 6) is -1.17. The fourth-order valence-electron chi connectivity index (χ4n) is 4.40. The summed E-state index contributed by atoms with van der Waals surface area (Å²) in [6.45, 7) is 3.96. The van der Waals surface area contributed by atoms with Crippen LogP contribution in [0.15, 0.2) is 97.1 Å². The average molecular weight is 483 g/mol. The minimum atomic E-state index is -1.44. The first-order chi connectivity index (χ1) is 17.5. The van der Waals surface area contributed by atoms with Crippen LogP contribution in [0.4, 0.5) is 0 Å². The van der Waals surface area contributed by atoms with E-state index in [1.165, 1.54) is 5.56 Å². The number of benzene rings is 3. The first kappa shape index (κ1) is 25.1. The molecule has 0 aliphatic rings. The summed E-state index contributed by atoms with van der Waals surface area (Å²) in [6, 6.07) is 30.7. The quantitative estimate of drug-likeness (QED) is 0.284. The maximum Gasteiger partial charge on any atom is 0.348 e. The molecule has 1 heterocycles. The van der Waals surface area contributed by atoms with Gasteiger partial charge in [0.05, 0.1) is 0 Å². The highest BCUT2D eigenvalue weighted by molar-refractivity contribution is 5.76. The van der Waals surface area contributed by atoms with E-state index in [9.17, 15) is 9.90 Å². The van der Waals surface area contributed by atoms with Crippen molar-refractivity contribution in [3.05, 3.63) is 125 Å². The summed E-state index contributed by atoms with van der Waals surface area (Å²) in [5.41, 5.74) is 2.48. The van der Waals surface area contributed by atoms with Gasteiger partial charge in [0.2, 0.25) is 6.10 Å². The van der Waals surface area contributed by atoms with E-state index >= 15 is 0 Å². The van der Waals surface area contributed by atoms with E-state index in [4.69, 9.17) is 9.47 Å². The molecule has 0 bridgehead atoms. The third-order valence-corrected chi connectivity index (χ3v) is 5.97. The largest absolute Gasteiger partial charge is 0.478 e. The molecule has 1 unspecified atom stereocenters. The molecule has 6 heteroatoms. The Kier molecular flexibility index (Phi) is 8.08. The van der Waals surface area contributed by atoms with E-state index in [0.717, 1.165) is 6.42 Å². The fourth-order valence-corrected chi connectivity index (χ4v) is 4.40. The van der Waals surface area contributed by atoms with Crippen molar-refractivity contribution >= 4 is 5.97 Å². The van der Waals surface area contributed by atoms with Crippen LogP contribution >= 0.6 is 0 Å². The van der Waals surface area contributed by atoms with Crippen molar-refractivity contribution in [3.8, 4) is 6.01 Å². The highest BCUT2D eigenvalue weighted by Gasteiger charge is 2.50. The van der Waals surface area contributed by atoms with Gasteiger partial charge in [-0.2, -0.15) is 0 Å². The molecule has 36 heavy (non-hydrogen) atoms. The van der Waals surface area contributed by atoms with Crippen LogP contribution in [0.5, 0.6) is 6.01 Å². The Balaban J connectivity index is 1.77. The van der Waals surface area contributed by atoms with Gasteiger partial charge in [-0.1, -0.05) is 91.0 Å². The van der Waals surface area contributed by atoms with Gasteiger partial charge in [0.25, 0.3) is 0 Å². The molecule has 0 fully saturated rings. The highest BCUT2D eigenvalue weighted by atomic mass is 16.6. The zero-order chi connectivity index (χ0) is 25.4. The third-order valence-electron chi connectivity index (χ3n) is 5.97. The van der Waals surface area contributed by atoms with E-state index in [1.54, 1.807) is 0 Å². The molecule has 184 valence electrons. The van der Waals surface area contributed by atoms with Crippen molar-refractivity contribution in [1.29, 1.82) is 0 Å². The van der Waals surface area contributed by atoms with Crippen LogP contribution in [0.25, 0.3) is 0 Å². The molecular weight excluding hydrogens is 452 g/mol. The molecule has 4 aromatic rings. The predicted molar refractivity (Wildman–Crippen MR) is 138 cm³/mol. The molecule has 1 N–H and O–H groups in total. The molecule has 0 saturated carbocycles. The Morgan fingerprint density at radius 3 is 1.83 bits per heavy atom. The molecule has 0 amide bonds. The number of aliphatic carboxylic acids is 1. The number of nitrogens with zero attached hydrogens (tertiary/aromatic N) is 2. The highest BCUT2D eigenvalue weighted by Crippen LogP contribution is 2.39. The number of carbonyl (C=O) groups is 1. The van der Waals surface area contributed by atoms with Crippen molar-refractivity contribution < 1.29 is 19.4 Å². The van der Waals surface area contributed by atoms with Crippen LogP contribution in [-0.4, -0.2) is 33.8 Å². The van der Waals surface area contributed by atoms with Crippen molar-refractivity contribution in [2.45, 2.75) is 38.4 Å². The molecule has 0 spiro atoms. The number of carboxylic acid groups (broad SMARTS) is 1. The molecular formula is C30H30N2O4. The van der Waals surface area contributed by atoms with E-state index in [1.807, 2.05) is 98.8 Å². The maximum atomic E-state index is 12.9. The average Bonchev–Trinajstić information content (AvgIpc) is 2.89. The summed E-state index contributed by atoms with van der Waals surface area (Å²) < 4.78 is 12.7. The van der Waals surface area contributed by atoms with Crippen molar-refractivity contribution in [2.24, 2.45) is 0 Å². The second-order valence-corrected chi connectivity index (χ2v) is 8.67. The van der Waals surface area contributed by atoms with Gasteiger partial charge in [0.15, 0.2) is 5.60 Å². The van der Waals surface area contributed by atoms with Crippen LogP contribution in [0, 0.1) is 13.8 Å². The minimum absolute atomic E-state index is 0.00372. The lowest BCUT2D eigenvalue weighted by Crippen LogP contribution is -2.51. The Hall–Kier alpha value is -4.03. The summed E-state index contributed by atoms with van der Waals surface area (Å²) in [6.07, 6.45) is 0.0668. The molecule has 0 radical (unpaired) electrons. The Morgan fingerprint density at radius 2 is 1.33 bits per heavy atom. The smallest absolute Gasteiger partial charge is 0.348 e. The number of hydrogen-bond donors (Lipinski definition) is 1. The van der Waals surface area contributed by atoms with Crippen LogP contribution in [-0.2, 0) is 21.6 Å². The first-order valence-electron chi connectivity index (χ1n) is 12.0. The van der Waals surface area contributed by atoms with Gasteiger partial charge < -0.3 is 14.6 Å². The van der Waals surface area contributed by atoms with E-state index in [2.05, 4.69) is 22.1 Å². The van der Waals surface area contributed by atoms with Crippen LogP contribution in [0.3, 0.4) is 0 Å². The standard InChI is InChI=1S/C30H30N2O4/c1-22-21-23(2)32-29(31-22)36-27(28(33)34)30(25-16-8-4-9-17-25,26-18-10-5-11-19-26)35-20-12-15-24-13-6-3-7-14-24/h3-11,13-14,16-19,21,27H,12,15,20H2,1-2H3,(H,33,34). The topological polar surface area (TPSA) is 81.5 Å². The number of hydrogen-bond acceptors (Lipinski definition) is 5.